The Hall–Kier alpha value is -2.33. The molecule has 4 rings (SSSR count). The Bertz CT molecular complexity index is 1100. The number of alkyl halides is 2. The third-order valence-electron chi connectivity index (χ3n) is 4.06. The van der Waals surface area contributed by atoms with Crippen LogP contribution in [0, 0.1) is 0 Å². The average molecular weight is 424 g/mol. The van der Waals surface area contributed by atoms with Crippen LogP contribution in [-0.4, -0.2) is 33.3 Å². The zero-order chi connectivity index (χ0) is 19.9. The standard InChI is InChI=1S/C18H18F2N4O2S2/c1-4-5-6-26-13-8-10(25-3)7-11-14(13)27-15(21-11)12-9-24-17(22-12)28-16(23-24)18(2,19)20/h7-9H,4-6H2,1-3H3. The molecular formula is C18H18F2N4O2S2. The minimum absolute atomic E-state index is 0.262. The van der Waals surface area contributed by atoms with Gasteiger partial charge < -0.3 is 9.47 Å². The Kier molecular flexibility index (Phi) is 4.92. The lowest BCUT2D eigenvalue weighted by Crippen LogP contribution is -2.06. The summed E-state index contributed by atoms with van der Waals surface area (Å²) in [6.45, 7) is 3.55. The Morgan fingerprint density at radius 3 is 2.71 bits per heavy atom. The van der Waals surface area contributed by atoms with Crippen molar-refractivity contribution >= 4 is 37.9 Å². The van der Waals surface area contributed by atoms with Gasteiger partial charge in [0.15, 0.2) is 5.01 Å². The number of aromatic nitrogens is 4. The van der Waals surface area contributed by atoms with Gasteiger partial charge in [-0.05, 0) is 6.42 Å². The van der Waals surface area contributed by atoms with Gasteiger partial charge in [0, 0.05) is 19.1 Å². The summed E-state index contributed by atoms with van der Waals surface area (Å²) >= 11 is 2.32. The molecule has 0 aliphatic rings. The van der Waals surface area contributed by atoms with E-state index < -0.39 is 5.92 Å². The molecule has 4 aromatic rings. The number of benzene rings is 1. The van der Waals surface area contributed by atoms with Gasteiger partial charge in [0.25, 0.3) is 5.92 Å². The van der Waals surface area contributed by atoms with Crippen molar-refractivity contribution in [1.29, 1.82) is 0 Å². The van der Waals surface area contributed by atoms with Crippen LogP contribution in [0.15, 0.2) is 18.3 Å². The third kappa shape index (κ3) is 3.53. The van der Waals surface area contributed by atoms with Crippen molar-refractivity contribution in [3.63, 3.8) is 0 Å². The van der Waals surface area contributed by atoms with Gasteiger partial charge in [-0.25, -0.2) is 14.5 Å². The quantitative estimate of drug-likeness (QED) is 0.374. The molecule has 0 unspecified atom stereocenters. The van der Waals surface area contributed by atoms with E-state index in [4.69, 9.17) is 9.47 Å². The smallest absolute Gasteiger partial charge is 0.298 e. The van der Waals surface area contributed by atoms with Crippen LogP contribution in [0.25, 0.3) is 25.9 Å². The van der Waals surface area contributed by atoms with Crippen LogP contribution in [0.4, 0.5) is 8.78 Å². The topological polar surface area (TPSA) is 61.5 Å². The first-order valence-corrected chi connectivity index (χ1v) is 10.4. The van der Waals surface area contributed by atoms with Gasteiger partial charge in [-0.15, -0.1) is 11.3 Å². The number of rotatable bonds is 7. The molecule has 0 atom stereocenters. The second-order valence-corrected chi connectivity index (χ2v) is 8.30. The second kappa shape index (κ2) is 7.25. The molecule has 1 aromatic carbocycles. The Morgan fingerprint density at radius 1 is 1.21 bits per heavy atom. The lowest BCUT2D eigenvalue weighted by Gasteiger charge is -2.08. The highest BCUT2D eigenvalue weighted by Gasteiger charge is 2.30. The van der Waals surface area contributed by atoms with E-state index in [2.05, 4.69) is 22.0 Å². The van der Waals surface area contributed by atoms with Crippen molar-refractivity contribution in [2.45, 2.75) is 32.6 Å². The van der Waals surface area contributed by atoms with Crippen molar-refractivity contribution < 1.29 is 18.3 Å². The van der Waals surface area contributed by atoms with Gasteiger partial charge >= 0.3 is 0 Å². The maximum atomic E-state index is 13.4. The summed E-state index contributed by atoms with van der Waals surface area (Å²) in [6.07, 6.45) is 3.61. The number of hydrogen-bond acceptors (Lipinski definition) is 7. The predicted octanol–water partition coefficient (Wildman–Crippen LogP) is 5.37. The van der Waals surface area contributed by atoms with E-state index in [1.54, 1.807) is 13.3 Å². The van der Waals surface area contributed by atoms with Crippen LogP contribution in [0.2, 0.25) is 0 Å². The van der Waals surface area contributed by atoms with Crippen LogP contribution >= 0.6 is 22.7 Å². The number of unbranched alkanes of at least 4 members (excludes halogenated alkanes) is 1. The zero-order valence-corrected chi connectivity index (χ0v) is 17.2. The lowest BCUT2D eigenvalue weighted by atomic mass is 10.3. The molecule has 10 heteroatoms. The van der Waals surface area contributed by atoms with Crippen LogP contribution in [0.3, 0.4) is 0 Å². The summed E-state index contributed by atoms with van der Waals surface area (Å²) in [5.41, 5.74) is 1.33. The van der Waals surface area contributed by atoms with Crippen molar-refractivity contribution in [2.24, 2.45) is 0 Å². The number of nitrogens with zero attached hydrogens (tertiary/aromatic N) is 4. The minimum atomic E-state index is -2.98. The van der Waals surface area contributed by atoms with Crippen molar-refractivity contribution in [2.75, 3.05) is 13.7 Å². The number of fused-ring (bicyclic) bond motifs is 2. The number of hydrogen-bond donors (Lipinski definition) is 0. The fourth-order valence-corrected chi connectivity index (χ4v) is 4.40. The Balaban J connectivity index is 1.73. The fraction of sp³-hybridized carbons (Fsp3) is 0.389. The van der Waals surface area contributed by atoms with Gasteiger partial charge in [0.2, 0.25) is 4.96 Å². The van der Waals surface area contributed by atoms with Crippen molar-refractivity contribution in [3.05, 3.63) is 23.3 Å². The number of thiazole rings is 1. The molecule has 3 aromatic heterocycles. The average Bonchev–Trinajstić information content (AvgIpc) is 3.33. The van der Waals surface area contributed by atoms with Crippen LogP contribution in [0.5, 0.6) is 11.5 Å². The molecule has 0 bridgehead atoms. The molecule has 3 heterocycles. The van der Waals surface area contributed by atoms with Crippen LogP contribution < -0.4 is 9.47 Å². The fourth-order valence-electron chi connectivity index (χ4n) is 2.62. The van der Waals surface area contributed by atoms with E-state index in [-0.39, 0.29) is 5.01 Å². The van der Waals surface area contributed by atoms with E-state index in [1.165, 1.54) is 15.9 Å². The van der Waals surface area contributed by atoms with Gasteiger partial charge in [-0.1, -0.05) is 24.7 Å². The molecule has 0 saturated carbocycles. The molecule has 6 nitrogen and oxygen atoms in total. The van der Waals surface area contributed by atoms with Gasteiger partial charge in [0.1, 0.15) is 22.2 Å². The lowest BCUT2D eigenvalue weighted by molar-refractivity contribution is 0.0163. The highest BCUT2D eigenvalue weighted by atomic mass is 32.1. The second-order valence-electron chi connectivity index (χ2n) is 6.34. The molecule has 0 saturated heterocycles. The summed E-state index contributed by atoms with van der Waals surface area (Å²) in [7, 11) is 1.60. The van der Waals surface area contributed by atoms with Crippen molar-refractivity contribution in [1.82, 2.24) is 19.6 Å². The molecule has 148 valence electrons. The highest BCUT2D eigenvalue weighted by Crippen LogP contribution is 2.39. The molecule has 0 spiro atoms. The third-order valence-corrected chi connectivity index (χ3v) is 6.26. The van der Waals surface area contributed by atoms with Gasteiger partial charge in [0.05, 0.1) is 30.1 Å². The van der Waals surface area contributed by atoms with E-state index in [0.717, 1.165) is 47.1 Å². The Morgan fingerprint density at radius 2 is 2.04 bits per heavy atom. The summed E-state index contributed by atoms with van der Waals surface area (Å²) in [6, 6.07) is 3.69. The molecule has 0 N–H and O–H groups in total. The first-order valence-electron chi connectivity index (χ1n) is 8.75. The van der Waals surface area contributed by atoms with E-state index >= 15 is 0 Å². The number of ether oxygens (including phenoxy) is 2. The van der Waals surface area contributed by atoms with Crippen LogP contribution in [-0.2, 0) is 5.92 Å². The number of imidazole rings is 1. The molecule has 0 aliphatic heterocycles. The SMILES string of the molecule is CCCCOc1cc(OC)cc2nc(-c3cn4nc(C(C)(F)F)sc4n3)sc12. The summed E-state index contributed by atoms with van der Waals surface area (Å²) in [5, 5.41) is 4.34. The number of halogens is 2. The molecule has 0 amide bonds. The highest BCUT2D eigenvalue weighted by molar-refractivity contribution is 7.22. The van der Waals surface area contributed by atoms with E-state index in [1.807, 2.05) is 12.1 Å². The van der Waals surface area contributed by atoms with Gasteiger partial charge in [-0.3, -0.25) is 0 Å². The Labute approximate surface area is 167 Å². The molecule has 0 radical (unpaired) electrons. The molecule has 0 fully saturated rings. The first kappa shape index (κ1) is 19.0. The zero-order valence-electron chi connectivity index (χ0n) is 15.5. The molecule has 0 aliphatic carbocycles. The number of methoxy groups -OCH3 is 1. The largest absolute Gasteiger partial charge is 0.497 e. The molecule has 28 heavy (non-hydrogen) atoms. The van der Waals surface area contributed by atoms with Crippen LogP contribution in [0.1, 0.15) is 31.7 Å². The first-order chi connectivity index (χ1) is 13.4. The monoisotopic (exact) mass is 424 g/mol. The molecular weight excluding hydrogens is 406 g/mol. The predicted molar refractivity (Wildman–Crippen MR) is 106 cm³/mol. The summed E-state index contributed by atoms with van der Waals surface area (Å²) in [5.74, 6) is -1.60. The van der Waals surface area contributed by atoms with E-state index in [9.17, 15) is 8.78 Å². The van der Waals surface area contributed by atoms with Gasteiger partial charge in [-0.2, -0.15) is 13.9 Å². The van der Waals surface area contributed by atoms with E-state index in [0.29, 0.717) is 28.0 Å². The normalized spacial score (nSPS) is 12.2. The summed E-state index contributed by atoms with van der Waals surface area (Å²) in [4.78, 5) is 9.46. The minimum Gasteiger partial charge on any atom is -0.497 e. The maximum Gasteiger partial charge on any atom is 0.298 e. The summed E-state index contributed by atoms with van der Waals surface area (Å²) < 4.78 is 40.4. The maximum absolute atomic E-state index is 13.4. The van der Waals surface area contributed by atoms with Crippen molar-refractivity contribution in [3.8, 4) is 22.2 Å².